The molecule has 0 spiro atoms. The fraction of sp³-hybridized carbons (Fsp3) is 0.0667. The van der Waals surface area contributed by atoms with Gasteiger partial charge in [-0.1, -0.05) is 12.1 Å². The highest BCUT2D eigenvalue weighted by molar-refractivity contribution is 5.94. The fourth-order valence-electron chi connectivity index (χ4n) is 2.41. The van der Waals surface area contributed by atoms with E-state index in [1.807, 2.05) is 0 Å². The summed E-state index contributed by atoms with van der Waals surface area (Å²) in [5.41, 5.74) is 0.647. The minimum atomic E-state index is -1.02. The molecular formula is C15H10FNO3. The number of hydrogen-bond acceptors (Lipinski definition) is 2. The molecule has 0 aliphatic carbocycles. The molecule has 0 aliphatic heterocycles. The van der Waals surface area contributed by atoms with Crippen molar-refractivity contribution in [3.8, 4) is 0 Å². The smallest absolute Gasteiger partial charge is 0.323 e. The van der Waals surface area contributed by atoms with E-state index in [2.05, 4.69) is 0 Å². The lowest BCUT2D eigenvalue weighted by Gasteiger charge is -2.13. The molecule has 1 aromatic heterocycles. The number of pyridine rings is 1. The predicted octanol–water partition coefficient (Wildman–Crippen LogP) is 2.38. The average Bonchev–Trinajstić information content (AvgIpc) is 2.43. The molecule has 0 aliphatic rings. The molecule has 0 radical (unpaired) electrons. The molecule has 0 atom stereocenters. The van der Waals surface area contributed by atoms with Crippen molar-refractivity contribution in [2.45, 2.75) is 6.54 Å². The number of benzene rings is 2. The number of aliphatic carboxylic acids is 1. The van der Waals surface area contributed by atoms with Gasteiger partial charge in [-0.15, -0.1) is 0 Å². The normalized spacial score (nSPS) is 11.1. The van der Waals surface area contributed by atoms with Crippen LogP contribution in [0.3, 0.4) is 0 Å². The van der Waals surface area contributed by atoms with E-state index >= 15 is 0 Å². The first-order valence-corrected chi connectivity index (χ1v) is 6.00. The summed E-state index contributed by atoms with van der Waals surface area (Å²) in [6.07, 6.45) is 0. The van der Waals surface area contributed by atoms with E-state index in [0.29, 0.717) is 16.4 Å². The van der Waals surface area contributed by atoms with E-state index in [-0.39, 0.29) is 17.4 Å². The highest BCUT2D eigenvalue weighted by Gasteiger charge is 2.12. The monoisotopic (exact) mass is 271 g/mol. The summed E-state index contributed by atoms with van der Waals surface area (Å²) in [5.74, 6) is -1.55. The van der Waals surface area contributed by atoms with Gasteiger partial charge in [0, 0.05) is 10.8 Å². The van der Waals surface area contributed by atoms with Crippen molar-refractivity contribution in [1.29, 1.82) is 0 Å². The lowest BCUT2D eigenvalue weighted by Crippen LogP contribution is -2.16. The lowest BCUT2D eigenvalue weighted by molar-refractivity contribution is -0.137. The average molecular weight is 271 g/mol. The van der Waals surface area contributed by atoms with Gasteiger partial charge in [0.15, 0.2) is 5.43 Å². The Morgan fingerprint density at radius 3 is 2.55 bits per heavy atom. The molecule has 0 fully saturated rings. The summed E-state index contributed by atoms with van der Waals surface area (Å²) in [6, 6.07) is 10.5. The van der Waals surface area contributed by atoms with Crippen molar-refractivity contribution in [2.24, 2.45) is 0 Å². The van der Waals surface area contributed by atoms with Crippen LogP contribution >= 0.6 is 0 Å². The first kappa shape index (κ1) is 12.3. The summed E-state index contributed by atoms with van der Waals surface area (Å²) in [7, 11) is 0. The van der Waals surface area contributed by atoms with Gasteiger partial charge in [-0.05, 0) is 30.3 Å². The highest BCUT2D eigenvalue weighted by Crippen LogP contribution is 2.19. The van der Waals surface area contributed by atoms with E-state index in [1.54, 1.807) is 24.3 Å². The van der Waals surface area contributed by atoms with E-state index in [1.165, 1.54) is 16.7 Å². The van der Waals surface area contributed by atoms with E-state index < -0.39 is 11.8 Å². The van der Waals surface area contributed by atoms with Crippen molar-refractivity contribution in [1.82, 2.24) is 4.57 Å². The first-order chi connectivity index (χ1) is 9.58. The summed E-state index contributed by atoms with van der Waals surface area (Å²) in [5, 5.41) is 9.60. The summed E-state index contributed by atoms with van der Waals surface area (Å²) >= 11 is 0. The molecule has 100 valence electrons. The third kappa shape index (κ3) is 1.84. The van der Waals surface area contributed by atoms with Crippen LogP contribution in [-0.4, -0.2) is 15.6 Å². The number of carboxylic acid groups (broad SMARTS) is 1. The number of carboxylic acids is 1. The second-order valence-corrected chi connectivity index (χ2v) is 4.49. The van der Waals surface area contributed by atoms with Gasteiger partial charge < -0.3 is 9.67 Å². The molecule has 0 bridgehead atoms. The van der Waals surface area contributed by atoms with Crippen LogP contribution in [0.5, 0.6) is 0 Å². The van der Waals surface area contributed by atoms with Crippen LogP contribution in [0.4, 0.5) is 4.39 Å². The van der Waals surface area contributed by atoms with E-state index in [4.69, 9.17) is 5.11 Å². The van der Waals surface area contributed by atoms with Crippen molar-refractivity contribution in [3.05, 3.63) is 58.5 Å². The molecule has 3 rings (SSSR count). The molecule has 1 heterocycles. The Labute approximate surface area is 112 Å². The van der Waals surface area contributed by atoms with Crippen LogP contribution in [0.25, 0.3) is 21.8 Å². The van der Waals surface area contributed by atoms with Crippen molar-refractivity contribution < 1.29 is 14.3 Å². The molecule has 0 unspecified atom stereocenters. The quantitative estimate of drug-likeness (QED) is 0.728. The largest absolute Gasteiger partial charge is 0.480 e. The Balaban J connectivity index is 2.56. The third-order valence-corrected chi connectivity index (χ3v) is 3.23. The van der Waals surface area contributed by atoms with Crippen molar-refractivity contribution in [2.75, 3.05) is 0 Å². The van der Waals surface area contributed by atoms with Crippen LogP contribution in [0.15, 0.2) is 47.3 Å². The molecule has 0 saturated carbocycles. The van der Waals surface area contributed by atoms with Gasteiger partial charge in [-0.3, -0.25) is 9.59 Å². The number of para-hydroxylation sites is 1. The van der Waals surface area contributed by atoms with Crippen molar-refractivity contribution >= 4 is 27.8 Å². The fourth-order valence-corrected chi connectivity index (χ4v) is 2.41. The first-order valence-electron chi connectivity index (χ1n) is 6.00. The minimum Gasteiger partial charge on any atom is -0.480 e. The van der Waals surface area contributed by atoms with E-state index in [9.17, 15) is 14.0 Å². The van der Waals surface area contributed by atoms with Gasteiger partial charge in [-0.25, -0.2) is 4.39 Å². The molecule has 2 aromatic carbocycles. The number of aromatic nitrogens is 1. The molecule has 20 heavy (non-hydrogen) atoms. The molecule has 5 heteroatoms. The van der Waals surface area contributed by atoms with Crippen LogP contribution in [-0.2, 0) is 11.3 Å². The Morgan fingerprint density at radius 2 is 1.80 bits per heavy atom. The third-order valence-electron chi connectivity index (χ3n) is 3.23. The second kappa shape index (κ2) is 4.45. The minimum absolute atomic E-state index is 0.185. The molecule has 0 amide bonds. The highest BCUT2D eigenvalue weighted by atomic mass is 19.1. The number of fused-ring (bicyclic) bond motifs is 2. The lowest BCUT2D eigenvalue weighted by atomic mass is 10.1. The number of halogens is 1. The van der Waals surface area contributed by atoms with Crippen molar-refractivity contribution in [3.63, 3.8) is 0 Å². The topological polar surface area (TPSA) is 59.3 Å². The Bertz CT molecular complexity index is 899. The number of rotatable bonds is 2. The molecule has 0 saturated heterocycles. The molecule has 4 nitrogen and oxygen atoms in total. The van der Waals surface area contributed by atoms with Gasteiger partial charge in [0.2, 0.25) is 0 Å². The zero-order valence-electron chi connectivity index (χ0n) is 10.3. The summed E-state index contributed by atoms with van der Waals surface area (Å²) < 4.78 is 14.9. The Kier molecular flexibility index (Phi) is 2.75. The molecule has 1 N–H and O–H groups in total. The van der Waals surface area contributed by atoms with Gasteiger partial charge >= 0.3 is 5.97 Å². The maximum Gasteiger partial charge on any atom is 0.323 e. The van der Waals surface area contributed by atoms with Crippen LogP contribution in [0.1, 0.15) is 0 Å². The Hall–Kier alpha value is -2.69. The Morgan fingerprint density at radius 1 is 1.10 bits per heavy atom. The SMILES string of the molecule is O=C(O)Cn1c2ccccc2c(=O)c2cc(F)ccc21. The van der Waals surface area contributed by atoms with Crippen LogP contribution in [0.2, 0.25) is 0 Å². The maximum absolute atomic E-state index is 13.3. The van der Waals surface area contributed by atoms with E-state index in [0.717, 1.165) is 6.07 Å². The molecular weight excluding hydrogens is 261 g/mol. The van der Waals surface area contributed by atoms with Crippen LogP contribution < -0.4 is 5.43 Å². The van der Waals surface area contributed by atoms with Gasteiger partial charge in [0.25, 0.3) is 0 Å². The van der Waals surface area contributed by atoms with Gasteiger partial charge in [0.05, 0.1) is 11.0 Å². The number of nitrogens with zero attached hydrogens (tertiary/aromatic N) is 1. The van der Waals surface area contributed by atoms with Crippen LogP contribution in [0, 0.1) is 5.82 Å². The number of hydrogen-bond donors (Lipinski definition) is 1. The summed E-state index contributed by atoms with van der Waals surface area (Å²) in [6.45, 7) is -0.289. The van der Waals surface area contributed by atoms with Gasteiger partial charge in [-0.2, -0.15) is 0 Å². The number of carbonyl (C=O) groups is 1. The zero-order chi connectivity index (χ0) is 14.3. The standard InChI is InChI=1S/C15H10FNO3/c16-9-5-6-13-11(7-9)15(20)10-3-1-2-4-12(10)17(13)8-14(18)19/h1-7H,8H2,(H,18,19). The predicted molar refractivity (Wildman–Crippen MR) is 73.3 cm³/mol. The maximum atomic E-state index is 13.3. The zero-order valence-corrected chi connectivity index (χ0v) is 10.3. The second-order valence-electron chi connectivity index (χ2n) is 4.49. The summed E-state index contributed by atoms with van der Waals surface area (Å²) in [4.78, 5) is 23.4. The molecule has 3 aromatic rings. The van der Waals surface area contributed by atoms with Gasteiger partial charge in [0.1, 0.15) is 12.4 Å².